The van der Waals surface area contributed by atoms with Crippen molar-refractivity contribution in [2.45, 2.75) is 6.42 Å². The van der Waals surface area contributed by atoms with E-state index in [1.165, 1.54) is 38.8 Å². The van der Waals surface area contributed by atoms with Crippen LogP contribution in [0.5, 0.6) is 11.5 Å². The van der Waals surface area contributed by atoms with Gasteiger partial charge < -0.3 is 14.2 Å². The molecule has 0 radical (unpaired) electrons. The van der Waals surface area contributed by atoms with Gasteiger partial charge in [0, 0.05) is 32.5 Å². The van der Waals surface area contributed by atoms with E-state index in [0.29, 0.717) is 5.75 Å². The number of esters is 1. The standard InChI is InChI=1S/C37H30O4S/c1-39-30-19-16-27(17-20-30)32-23-29(18-21-33(32)41-24-36(38)40-2)26-12-14-28(15-13-26)37-31-10-6-7-11-34(31)42-35(37)22-25-8-4-3-5-9-25/h3-21,23H,22,24H2,1-2H3. The van der Waals surface area contributed by atoms with Gasteiger partial charge in [-0.3, -0.25) is 0 Å². The molecule has 0 saturated carbocycles. The topological polar surface area (TPSA) is 44.8 Å². The zero-order valence-electron chi connectivity index (χ0n) is 23.5. The summed E-state index contributed by atoms with van der Waals surface area (Å²) in [7, 11) is 3.00. The number of thiophene rings is 1. The maximum atomic E-state index is 11.8. The molecule has 0 unspecified atom stereocenters. The number of fused-ring (bicyclic) bond motifs is 1. The van der Waals surface area contributed by atoms with E-state index in [4.69, 9.17) is 14.2 Å². The van der Waals surface area contributed by atoms with Crippen molar-refractivity contribution in [2.24, 2.45) is 0 Å². The van der Waals surface area contributed by atoms with Crippen LogP contribution in [0, 0.1) is 0 Å². The number of ether oxygens (including phenoxy) is 3. The van der Waals surface area contributed by atoms with Crippen LogP contribution in [0.25, 0.3) is 43.5 Å². The minimum atomic E-state index is -0.428. The third kappa shape index (κ3) is 5.78. The normalized spacial score (nSPS) is 10.9. The van der Waals surface area contributed by atoms with Crippen LogP contribution < -0.4 is 9.47 Å². The molecule has 4 nitrogen and oxygen atoms in total. The van der Waals surface area contributed by atoms with Crippen LogP contribution in [0.1, 0.15) is 10.4 Å². The first-order chi connectivity index (χ1) is 20.6. The van der Waals surface area contributed by atoms with Gasteiger partial charge >= 0.3 is 5.97 Å². The van der Waals surface area contributed by atoms with Crippen LogP contribution >= 0.6 is 11.3 Å². The molecule has 1 aromatic heterocycles. The van der Waals surface area contributed by atoms with Crippen LogP contribution in [0.2, 0.25) is 0 Å². The fourth-order valence-corrected chi connectivity index (χ4v) is 6.44. The van der Waals surface area contributed by atoms with Crippen molar-refractivity contribution in [3.05, 3.63) is 132 Å². The Morgan fingerprint density at radius 1 is 0.690 bits per heavy atom. The molecule has 0 saturated heterocycles. The number of hydrogen-bond donors (Lipinski definition) is 0. The lowest BCUT2D eigenvalue weighted by Crippen LogP contribution is -2.13. The monoisotopic (exact) mass is 570 g/mol. The summed E-state index contributed by atoms with van der Waals surface area (Å²) in [5, 5.41) is 1.29. The molecule has 5 heteroatoms. The lowest BCUT2D eigenvalue weighted by Gasteiger charge is -2.14. The maximum Gasteiger partial charge on any atom is 0.343 e. The summed E-state index contributed by atoms with van der Waals surface area (Å²) >= 11 is 1.87. The average molecular weight is 571 g/mol. The second-order valence-electron chi connectivity index (χ2n) is 9.94. The molecule has 42 heavy (non-hydrogen) atoms. The van der Waals surface area contributed by atoms with E-state index < -0.39 is 5.97 Å². The highest BCUT2D eigenvalue weighted by atomic mass is 32.1. The molecule has 5 aromatic carbocycles. The number of carbonyl (C=O) groups is 1. The van der Waals surface area contributed by atoms with Crippen molar-refractivity contribution in [2.75, 3.05) is 20.8 Å². The third-order valence-electron chi connectivity index (χ3n) is 7.34. The fourth-order valence-electron chi connectivity index (χ4n) is 5.17. The highest BCUT2D eigenvalue weighted by Crippen LogP contribution is 2.41. The van der Waals surface area contributed by atoms with Crippen LogP contribution in [-0.2, 0) is 16.0 Å². The largest absolute Gasteiger partial charge is 0.497 e. The van der Waals surface area contributed by atoms with Crippen molar-refractivity contribution in [3.63, 3.8) is 0 Å². The Morgan fingerprint density at radius 3 is 2.10 bits per heavy atom. The maximum absolute atomic E-state index is 11.8. The van der Waals surface area contributed by atoms with Crippen molar-refractivity contribution in [1.29, 1.82) is 0 Å². The average Bonchev–Trinajstić information content (AvgIpc) is 3.41. The molecular formula is C37H30O4S. The van der Waals surface area contributed by atoms with Gasteiger partial charge in [0.25, 0.3) is 0 Å². The molecule has 208 valence electrons. The molecule has 0 amide bonds. The summed E-state index contributed by atoms with van der Waals surface area (Å²) in [5.74, 6) is 0.958. The van der Waals surface area contributed by atoms with Gasteiger partial charge in [-0.25, -0.2) is 4.79 Å². The van der Waals surface area contributed by atoms with E-state index in [1.54, 1.807) is 7.11 Å². The highest BCUT2D eigenvalue weighted by molar-refractivity contribution is 7.19. The Kier molecular flexibility index (Phi) is 8.02. The number of rotatable bonds is 9. The molecule has 0 spiro atoms. The molecule has 0 aliphatic heterocycles. The number of hydrogen-bond acceptors (Lipinski definition) is 5. The number of carbonyl (C=O) groups excluding carboxylic acids is 1. The van der Waals surface area contributed by atoms with E-state index in [0.717, 1.165) is 34.4 Å². The summed E-state index contributed by atoms with van der Waals surface area (Å²) in [5.41, 5.74) is 7.81. The van der Waals surface area contributed by atoms with Crippen molar-refractivity contribution in [1.82, 2.24) is 0 Å². The third-order valence-corrected chi connectivity index (χ3v) is 8.51. The van der Waals surface area contributed by atoms with Gasteiger partial charge in [0.15, 0.2) is 6.61 Å². The summed E-state index contributed by atoms with van der Waals surface area (Å²) < 4.78 is 17.3. The minimum absolute atomic E-state index is 0.159. The van der Waals surface area contributed by atoms with Gasteiger partial charge in [-0.15, -0.1) is 11.3 Å². The van der Waals surface area contributed by atoms with Crippen LogP contribution in [-0.4, -0.2) is 26.8 Å². The summed E-state index contributed by atoms with van der Waals surface area (Å²) in [6, 6.07) is 41.9. The van der Waals surface area contributed by atoms with E-state index in [-0.39, 0.29) is 6.61 Å². The zero-order chi connectivity index (χ0) is 28.9. The van der Waals surface area contributed by atoms with Crippen LogP contribution in [0.15, 0.2) is 121 Å². The Morgan fingerprint density at radius 2 is 1.36 bits per heavy atom. The van der Waals surface area contributed by atoms with Gasteiger partial charge in [-0.2, -0.15) is 0 Å². The van der Waals surface area contributed by atoms with Gasteiger partial charge in [-0.1, -0.05) is 91.0 Å². The Labute approximate surface area is 249 Å². The van der Waals surface area contributed by atoms with E-state index in [2.05, 4.69) is 84.9 Å². The number of methoxy groups -OCH3 is 2. The molecule has 0 atom stereocenters. The minimum Gasteiger partial charge on any atom is -0.497 e. The second kappa shape index (κ2) is 12.3. The Balaban J connectivity index is 1.36. The summed E-state index contributed by atoms with van der Waals surface area (Å²) in [6.45, 7) is -0.159. The molecule has 0 aliphatic carbocycles. The smallest absolute Gasteiger partial charge is 0.343 e. The summed E-state index contributed by atoms with van der Waals surface area (Å²) in [6.07, 6.45) is 0.898. The molecule has 0 fully saturated rings. The van der Waals surface area contributed by atoms with E-state index >= 15 is 0 Å². The molecular weight excluding hydrogens is 540 g/mol. The van der Waals surface area contributed by atoms with Crippen LogP contribution in [0.3, 0.4) is 0 Å². The zero-order valence-corrected chi connectivity index (χ0v) is 24.3. The highest BCUT2D eigenvalue weighted by Gasteiger charge is 2.16. The SMILES string of the molecule is COC(=O)COc1ccc(-c2ccc(-c3c(Cc4ccccc4)sc4ccccc34)cc2)cc1-c1ccc(OC)cc1. The molecule has 6 aromatic rings. The predicted octanol–water partition coefficient (Wildman–Crippen LogP) is 9.05. The second-order valence-corrected chi connectivity index (χ2v) is 11.1. The van der Waals surface area contributed by atoms with Gasteiger partial charge in [0.2, 0.25) is 0 Å². The quantitative estimate of drug-likeness (QED) is 0.163. The lowest BCUT2D eigenvalue weighted by atomic mass is 9.95. The molecule has 1 heterocycles. The Bertz CT molecular complexity index is 1820. The first-order valence-corrected chi connectivity index (χ1v) is 14.6. The lowest BCUT2D eigenvalue weighted by molar-refractivity contribution is -0.142. The first-order valence-electron chi connectivity index (χ1n) is 13.8. The van der Waals surface area contributed by atoms with E-state index in [9.17, 15) is 4.79 Å². The van der Waals surface area contributed by atoms with Gasteiger partial charge in [0.1, 0.15) is 11.5 Å². The van der Waals surface area contributed by atoms with Gasteiger partial charge in [-0.05, 0) is 58.1 Å². The molecule has 0 bridgehead atoms. The molecule has 6 rings (SSSR count). The Hall–Kier alpha value is -4.87. The molecule has 0 N–H and O–H groups in total. The number of benzene rings is 5. The van der Waals surface area contributed by atoms with Gasteiger partial charge in [0.05, 0.1) is 14.2 Å². The van der Waals surface area contributed by atoms with Crippen LogP contribution in [0.4, 0.5) is 0 Å². The fraction of sp³-hybridized carbons (Fsp3) is 0.108. The predicted molar refractivity (Wildman–Crippen MR) is 171 cm³/mol. The van der Waals surface area contributed by atoms with Crippen molar-refractivity contribution >= 4 is 27.4 Å². The van der Waals surface area contributed by atoms with Crippen molar-refractivity contribution in [3.8, 4) is 44.9 Å². The van der Waals surface area contributed by atoms with Crippen molar-refractivity contribution < 1.29 is 19.0 Å². The molecule has 0 aliphatic rings. The first kappa shape index (κ1) is 27.3. The van der Waals surface area contributed by atoms with E-state index in [1.807, 2.05) is 47.7 Å². The summed E-state index contributed by atoms with van der Waals surface area (Å²) in [4.78, 5) is 13.1.